The summed E-state index contributed by atoms with van der Waals surface area (Å²) in [6.45, 7) is 4.28. The number of pyridine rings is 1. The number of hydrogen-bond donors (Lipinski definition) is 2. The number of aryl methyl sites for hydroxylation is 1. The van der Waals surface area contributed by atoms with E-state index in [1.165, 1.54) is 25.7 Å². The van der Waals surface area contributed by atoms with Gasteiger partial charge in [0, 0.05) is 11.7 Å². The van der Waals surface area contributed by atoms with E-state index in [9.17, 15) is 0 Å². The molecule has 2 unspecified atom stereocenters. The second-order valence-corrected chi connectivity index (χ2v) is 5.67. The average Bonchev–Trinajstić information content (AvgIpc) is 2.32. The van der Waals surface area contributed by atoms with Gasteiger partial charge in [-0.25, -0.2) is 4.98 Å². The number of rotatable bonds is 3. The van der Waals surface area contributed by atoms with Gasteiger partial charge < -0.3 is 11.1 Å². The summed E-state index contributed by atoms with van der Waals surface area (Å²) in [7, 11) is 0. The minimum atomic E-state index is 0.411. The SMILES string of the molecule is Cc1ccc(C(N)=S)c(NC2CCCCC2C)n1. The summed E-state index contributed by atoms with van der Waals surface area (Å²) in [4.78, 5) is 4.95. The van der Waals surface area contributed by atoms with Crippen molar-refractivity contribution in [3.63, 3.8) is 0 Å². The van der Waals surface area contributed by atoms with Gasteiger partial charge >= 0.3 is 0 Å². The van der Waals surface area contributed by atoms with Crippen LogP contribution in [0.25, 0.3) is 0 Å². The first-order valence-corrected chi connectivity index (χ1v) is 7.02. The molecule has 2 rings (SSSR count). The molecular formula is C14H21N3S. The molecule has 18 heavy (non-hydrogen) atoms. The summed E-state index contributed by atoms with van der Waals surface area (Å²) in [5, 5.41) is 3.54. The van der Waals surface area contributed by atoms with Gasteiger partial charge in [-0.1, -0.05) is 32.0 Å². The Labute approximate surface area is 114 Å². The van der Waals surface area contributed by atoms with Crippen LogP contribution in [0.1, 0.15) is 43.9 Å². The van der Waals surface area contributed by atoms with Crippen LogP contribution in [0.2, 0.25) is 0 Å². The van der Waals surface area contributed by atoms with Crippen LogP contribution in [-0.2, 0) is 0 Å². The first-order chi connectivity index (χ1) is 8.58. The van der Waals surface area contributed by atoms with E-state index in [2.05, 4.69) is 17.2 Å². The quantitative estimate of drug-likeness (QED) is 0.823. The number of aromatic nitrogens is 1. The molecule has 1 saturated carbocycles. The van der Waals surface area contributed by atoms with Crippen molar-refractivity contribution < 1.29 is 0 Å². The van der Waals surface area contributed by atoms with E-state index in [1.807, 2.05) is 19.1 Å². The number of nitrogens with zero attached hydrogens (tertiary/aromatic N) is 1. The van der Waals surface area contributed by atoms with Gasteiger partial charge in [0.1, 0.15) is 10.8 Å². The van der Waals surface area contributed by atoms with Gasteiger partial charge in [0.25, 0.3) is 0 Å². The third kappa shape index (κ3) is 2.99. The van der Waals surface area contributed by atoms with E-state index >= 15 is 0 Å². The maximum absolute atomic E-state index is 5.76. The van der Waals surface area contributed by atoms with Crippen molar-refractivity contribution in [2.45, 2.75) is 45.6 Å². The molecule has 1 aromatic rings. The van der Waals surface area contributed by atoms with Gasteiger partial charge in [0.05, 0.1) is 5.56 Å². The lowest BCUT2D eigenvalue weighted by molar-refractivity contribution is 0.349. The summed E-state index contributed by atoms with van der Waals surface area (Å²) in [6, 6.07) is 4.39. The van der Waals surface area contributed by atoms with Gasteiger partial charge in [-0.2, -0.15) is 0 Å². The number of anilines is 1. The summed E-state index contributed by atoms with van der Waals surface area (Å²) in [5.74, 6) is 1.53. The lowest BCUT2D eigenvalue weighted by Crippen LogP contribution is -2.31. The molecule has 98 valence electrons. The molecule has 3 nitrogen and oxygen atoms in total. The van der Waals surface area contributed by atoms with Crippen molar-refractivity contribution in [3.8, 4) is 0 Å². The van der Waals surface area contributed by atoms with Crippen molar-refractivity contribution in [3.05, 3.63) is 23.4 Å². The van der Waals surface area contributed by atoms with Crippen molar-refractivity contribution in [1.29, 1.82) is 0 Å². The summed E-state index contributed by atoms with van der Waals surface area (Å²) >= 11 is 5.09. The van der Waals surface area contributed by atoms with Crippen LogP contribution >= 0.6 is 12.2 Å². The largest absolute Gasteiger partial charge is 0.389 e. The Balaban J connectivity index is 2.21. The topological polar surface area (TPSA) is 50.9 Å². The molecule has 0 aliphatic heterocycles. The molecule has 1 aliphatic rings. The van der Waals surface area contributed by atoms with Gasteiger partial charge in [0.2, 0.25) is 0 Å². The highest BCUT2D eigenvalue weighted by atomic mass is 32.1. The van der Waals surface area contributed by atoms with Gasteiger partial charge in [-0.3, -0.25) is 0 Å². The zero-order valence-corrected chi connectivity index (χ0v) is 11.9. The lowest BCUT2D eigenvalue weighted by atomic mass is 9.86. The monoisotopic (exact) mass is 263 g/mol. The third-order valence-electron chi connectivity index (χ3n) is 3.73. The summed E-state index contributed by atoms with van der Waals surface area (Å²) in [6.07, 6.45) is 5.11. The molecule has 1 aromatic heterocycles. The van der Waals surface area contributed by atoms with Gasteiger partial charge in [-0.05, 0) is 37.8 Å². The molecule has 0 radical (unpaired) electrons. The zero-order chi connectivity index (χ0) is 13.1. The highest BCUT2D eigenvalue weighted by Gasteiger charge is 2.22. The predicted octanol–water partition coefficient (Wildman–Crippen LogP) is 3.01. The molecule has 1 aliphatic carbocycles. The molecule has 1 fully saturated rings. The van der Waals surface area contributed by atoms with Crippen molar-refractivity contribution in [2.24, 2.45) is 11.7 Å². The Kier molecular flexibility index (Phi) is 4.17. The van der Waals surface area contributed by atoms with Crippen LogP contribution in [0, 0.1) is 12.8 Å². The fraction of sp³-hybridized carbons (Fsp3) is 0.571. The highest BCUT2D eigenvalue weighted by Crippen LogP contribution is 2.27. The highest BCUT2D eigenvalue weighted by molar-refractivity contribution is 7.80. The molecule has 3 N–H and O–H groups in total. The Morgan fingerprint density at radius 1 is 1.39 bits per heavy atom. The number of nitrogens with one attached hydrogen (secondary N) is 1. The fourth-order valence-electron chi connectivity index (χ4n) is 2.57. The normalized spacial score (nSPS) is 23.7. The second kappa shape index (κ2) is 5.65. The number of nitrogens with two attached hydrogens (primary N) is 1. The molecule has 0 aromatic carbocycles. The van der Waals surface area contributed by atoms with Gasteiger partial charge in [-0.15, -0.1) is 0 Å². The van der Waals surface area contributed by atoms with Crippen molar-refractivity contribution >= 4 is 23.0 Å². The smallest absolute Gasteiger partial charge is 0.136 e. The Morgan fingerprint density at radius 2 is 2.11 bits per heavy atom. The Morgan fingerprint density at radius 3 is 2.78 bits per heavy atom. The molecular weight excluding hydrogens is 242 g/mol. The van der Waals surface area contributed by atoms with E-state index in [0.29, 0.717) is 16.9 Å². The maximum atomic E-state index is 5.76. The van der Waals surface area contributed by atoms with Crippen molar-refractivity contribution in [2.75, 3.05) is 5.32 Å². The first-order valence-electron chi connectivity index (χ1n) is 6.62. The summed E-state index contributed by atoms with van der Waals surface area (Å²) in [5.41, 5.74) is 7.60. The van der Waals surface area contributed by atoms with E-state index in [1.54, 1.807) is 0 Å². The zero-order valence-electron chi connectivity index (χ0n) is 11.1. The Bertz CT molecular complexity index is 445. The number of hydrogen-bond acceptors (Lipinski definition) is 3. The van der Waals surface area contributed by atoms with Gasteiger partial charge in [0.15, 0.2) is 0 Å². The van der Waals surface area contributed by atoms with Crippen LogP contribution in [0.15, 0.2) is 12.1 Å². The molecule has 0 saturated heterocycles. The standard InChI is InChI=1S/C14H21N3S/c1-9-5-3-4-6-12(9)17-14-11(13(15)18)8-7-10(2)16-14/h7-9,12H,3-6H2,1-2H3,(H2,15,18)(H,16,17). The minimum Gasteiger partial charge on any atom is -0.389 e. The van der Waals surface area contributed by atoms with Crippen LogP contribution < -0.4 is 11.1 Å². The molecule has 4 heteroatoms. The molecule has 0 spiro atoms. The molecule has 0 bridgehead atoms. The van der Waals surface area contributed by atoms with E-state index < -0.39 is 0 Å². The predicted molar refractivity (Wildman–Crippen MR) is 79.9 cm³/mol. The van der Waals surface area contributed by atoms with E-state index in [0.717, 1.165) is 17.1 Å². The maximum Gasteiger partial charge on any atom is 0.136 e. The first kappa shape index (κ1) is 13.3. The molecule has 1 heterocycles. The van der Waals surface area contributed by atoms with Crippen molar-refractivity contribution in [1.82, 2.24) is 4.98 Å². The summed E-state index contributed by atoms with van der Waals surface area (Å²) < 4.78 is 0. The van der Waals surface area contributed by atoms with Crippen LogP contribution in [0.3, 0.4) is 0 Å². The lowest BCUT2D eigenvalue weighted by Gasteiger charge is -2.30. The van der Waals surface area contributed by atoms with Crippen LogP contribution in [0.5, 0.6) is 0 Å². The third-order valence-corrected chi connectivity index (χ3v) is 3.95. The van der Waals surface area contributed by atoms with Crippen LogP contribution in [0.4, 0.5) is 5.82 Å². The van der Waals surface area contributed by atoms with E-state index in [4.69, 9.17) is 18.0 Å². The fourth-order valence-corrected chi connectivity index (χ4v) is 2.74. The Hall–Kier alpha value is -1.16. The average molecular weight is 263 g/mol. The molecule has 2 atom stereocenters. The van der Waals surface area contributed by atoms with Crippen LogP contribution in [-0.4, -0.2) is 16.0 Å². The minimum absolute atomic E-state index is 0.411. The second-order valence-electron chi connectivity index (χ2n) is 5.23. The number of thiocarbonyl (C=S) groups is 1. The van der Waals surface area contributed by atoms with E-state index in [-0.39, 0.29) is 0 Å². The molecule has 0 amide bonds.